The van der Waals surface area contributed by atoms with Crippen molar-refractivity contribution in [2.24, 2.45) is 0 Å². The number of hydrogen-bond donors (Lipinski definition) is 0. The van der Waals surface area contributed by atoms with E-state index in [2.05, 4.69) is 4.90 Å². The first kappa shape index (κ1) is 29.3. The molecule has 1 aliphatic rings. The zero-order valence-electron chi connectivity index (χ0n) is 19.4. The molecule has 3 aromatic rings. The minimum Gasteiger partial charge on any atom is -0.336 e. The Labute approximate surface area is 226 Å². The summed E-state index contributed by atoms with van der Waals surface area (Å²) in [7, 11) is 0. The van der Waals surface area contributed by atoms with Crippen molar-refractivity contribution in [1.82, 2.24) is 9.80 Å². The molecule has 0 aromatic heterocycles. The molecule has 0 N–H and O–H groups in total. The molecule has 1 heterocycles. The summed E-state index contributed by atoms with van der Waals surface area (Å²) in [6.45, 7) is 3.16. The van der Waals surface area contributed by atoms with Crippen molar-refractivity contribution in [2.75, 3.05) is 32.7 Å². The monoisotopic (exact) mass is 547 g/mol. The number of amides is 1. The van der Waals surface area contributed by atoms with Crippen LogP contribution in [0.5, 0.6) is 0 Å². The fraction of sp³-hybridized carbons (Fsp3) is 0.231. The SMILES string of the molecule is Cl.Cl.O=C(CCN1CCN(C(=O)c2ccccc2)CC1)c1ccc(Sc2ccccc2)c([N+](=O)[O-])c1. The van der Waals surface area contributed by atoms with Crippen molar-refractivity contribution >= 4 is 54.0 Å². The average molecular weight is 548 g/mol. The molecule has 0 radical (unpaired) electrons. The van der Waals surface area contributed by atoms with Gasteiger partial charge in [0.15, 0.2) is 5.78 Å². The van der Waals surface area contributed by atoms with Crippen molar-refractivity contribution in [3.05, 3.63) is 100 Å². The number of nitrogens with zero attached hydrogens (tertiary/aromatic N) is 3. The molecule has 1 saturated heterocycles. The fourth-order valence-corrected chi connectivity index (χ4v) is 4.80. The average Bonchev–Trinajstić information content (AvgIpc) is 2.88. The number of nitro benzene ring substituents is 1. The Kier molecular flexibility index (Phi) is 11.4. The summed E-state index contributed by atoms with van der Waals surface area (Å²) < 4.78 is 0. The van der Waals surface area contributed by atoms with Gasteiger partial charge in [0, 0.05) is 61.2 Å². The van der Waals surface area contributed by atoms with Gasteiger partial charge in [-0.3, -0.25) is 24.6 Å². The van der Waals surface area contributed by atoms with Gasteiger partial charge in [-0.1, -0.05) is 48.2 Å². The summed E-state index contributed by atoms with van der Waals surface area (Å²) in [5, 5.41) is 11.6. The van der Waals surface area contributed by atoms with Gasteiger partial charge in [-0.2, -0.15) is 0 Å². The second kappa shape index (κ2) is 14.0. The van der Waals surface area contributed by atoms with Gasteiger partial charge in [0.2, 0.25) is 0 Å². The number of hydrogen-bond acceptors (Lipinski definition) is 6. The van der Waals surface area contributed by atoms with Gasteiger partial charge in [-0.05, 0) is 36.4 Å². The smallest absolute Gasteiger partial charge is 0.283 e. The molecule has 0 spiro atoms. The van der Waals surface area contributed by atoms with Crippen LogP contribution in [0, 0.1) is 10.1 Å². The summed E-state index contributed by atoms with van der Waals surface area (Å²) in [6.07, 6.45) is 0.273. The van der Waals surface area contributed by atoms with Crippen LogP contribution in [0.15, 0.2) is 88.7 Å². The first-order valence-corrected chi connectivity index (χ1v) is 11.9. The van der Waals surface area contributed by atoms with Crippen LogP contribution in [-0.2, 0) is 0 Å². The van der Waals surface area contributed by atoms with Gasteiger partial charge < -0.3 is 4.90 Å². The Morgan fingerprint density at radius 3 is 2.06 bits per heavy atom. The molecule has 190 valence electrons. The molecule has 0 saturated carbocycles. The number of ketones is 1. The maximum absolute atomic E-state index is 12.8. The maximum Gasteiger partial charge on any atom is 0.283 e. The number of piperazine rings is 1. The first-order valence-electron chi connectivity index (χ1n) is 11.1. The van der Waals surface area contributed by atoms with Crippen molar-refractivity contribution in [3.63, 3.8) is 0 Å². The van der Waals surface area contributed by atoms with Crippen molar-refractivity contribution in [3.8, 4) is 0 Å². The number of Topliss-reactive ketones (excluding diaryl/α,β-unsaturated/α-hetero) is 1. The quantitative estimate of drug-likeness (QED) is 0.207. The van der Waals surface area contributed by atoms with Gasteiger partial charge in [-0.25, -0.2) is 0 Å². The highest BCUT2D eigenvalue weighted by atomic mass is 35.5. The Bertz CT molecular complexity index is 1170. The third-order valence-electron chi connectivity index (χ3n) is 5.78. The predicted octanol–water partition coefficient (Wildman–Crippen LogP) is 5.62. The minimum absolute atomic E-state index is 0. The molecule has 1 aliphatic heterocycles. The highest BCUT2D eigenvalue weighted by molar-refractivity contribution is 7.99. The Balaban J connectivity index is 0.00000228. The van der Waals surface area contributed by atoms with Crippen molar-refractivity contribution in [1.29, 1.82) is 0 Å². The van der Waals surface area contributed by atoms with Crippen LogP contribution in [0.4, 0.5) is 5.69 Å². The molecule has 7 nitrogen and oxygen atoms in total. The summed E-state index contributed by atoms with van der Waals surface area (Å²) in [4.78, 5) is 41.9. The standard InChI is InChI=1S/C26H25N3O4S.2ClH/c30-24(13-14-27-15-17-28(18-16-27)26(31)20-7-3-1-4-8-20)21-11-12-25(23(19-21)29(32)33)34-22-9-5-2-6-10-22;;/h1-12,19H,13-18H2;2*1H. The molecule has 4 rings (SSSR count). The van der Waals surface area contributed by atoms with E-state index in [1.165, 1.54) is 17.8 Å². The normalized spacial score (nSPS) is 13.3. The van der Waals surface area contributed by atoms with Crippen LogP contribution < -0.4 is 0 Å². The molecule has 0 unspecified atom stereocenters. The third-order valence-corrected chi connectivity index (χ3v) is 6.86. The van der Waals surface area contributed by atoms with E-state index >= 15 is 0 Å². The fourth-order valence-electron chi connectivity index (χ4n) is 3.88. The molecular weight excluding hydrogens is 521 g/mol. The Morgan fingerprint density at radius 2 is 1.44 bits per heavy atom. The van der Waals surface area contributed by atoms with Gasteiger partial charge in [0.05, 0.1) is 9.82 Å². The van der Waals surface area contributed by atoms with Crippen LogP contribution in [-0.4, -0.2) is 59.1 Å². The molecule has 1 fully saturated rings. The molecular formula is C26H27Cl2N3O4S. The highest BCUT2D eigenvalue weighted by Gasteiger charge is 2.23. The van der Waals surface area contributed by atoms with E-state index in [-0.39, 0.29) is 48.6 Å². The van der Waals surface area contributed by atoms with Crippen molar-refractivity contribution in [2.45, 2.75) is 16.2 Å². The Morgan fingerprint density at radius 1 is 0.833 bits per heavy atom. The molecule has 3 aromatic carbocycles. The van der Waals surface area contributed by atoms with E-state index in [0.29, 0.717) is 48.7 Å². The second-order valence-electron chi connectivity index (χ2n) is 8.03. The topological polar surface area (TPSA) is 83.8 Å². The van der Waals surface area contributed by atoms with Gasteiger partial charge in [0.1, 0.15) is 0 Å². The lowest BCUT2D eigenvalue weighted by Gasteiger charge is -2.34. The number of nitro groups is 1. The molecule has 0 bridgehead atoms. The zero-order valence-corrected chi connectivity index (χ0v) is 21.9. The predicted molar refractivity (Wildman–Crippen MR) is 146 cm³/mol. The third kappa shape index (κ3) is 7.54. The van der Waals surface area contributed by atoms with E-state index in [4.69, 9.17) is 0 Å². The first-order chi connectivity index (χ1) is 16.5. The summed E-state index contributed by atoms with van der Waals surface area (Å²) in [5.41, 5.74) is 0.969. The van der Waals surface area contributed by atoms with E-state index in [0.717, 1.165) is 4.90 Å². The summed E-state index contributed by atoms with van der Waals surface area (Å²) in [6, 6.07) is 23.3. The van der Waals surface area contributed by atoms with Gasteiger partial charge >= 0.3 is 0 Å². The molecule has 0 atom stereocenters. The lowest BCUT2D eigenvalue weighted by Crippen LogP contribution is -2.49. The second-order valence-corrected chi connectivity index (χ2v) is 9.14. The van der Waals surface area contributed by atoms with Crippen LogP contribution in [0.25, 0.3) is 0 Å². The summed E-state index contributed by atoms with van der Waals surface area (Å²) in [5.74, 6) is -0.0979. The number of benzene rings is 3. The zero-order chi connectivity index (χ0) is 23.9. The van der Waals surface area contributed by atoms with E-state index in [1.807, 2.05) is 65.6 Å². The van der Waals surface area contributed by atoms with Crippen LogP contribution in [0.3, 0.4) is 0 Å². The van der Waals surface area contributed by atoms with Gasteiger partial charge in [0.25, 0.3) is 11.6 Å². The number of halogens is 2. The summed E-state index contributed by atoms with van der Waals surface area (Å²) >= 11 is 1.31. The Hall–Kier alpha value is -2.91. The highest BCUT2D eigenvalue weighted by Crippen LogP contribution is 2.35. The minimum atomic E-state index is -0.439. The molecule has 10 heteroatoms. The van der Waals surface area contributed by atoms with Crippen LogP contribution in [0.1, 0.15) is 27.1 Å². The largest absolute Gasteiger partial charge is 0.336 e. The molecule has 0 aliphatic carbocycles. The van der Waals surface area contributed by atoms with Crippen LogP contribution >= 0.6 is 36.6 Å². The number of rotatable bonds is 8. The van der Waals surface area contributed by atoms with E-state index in [9.17, 15) is 19.7 Å². The van der Waals surface area contributed by atoms with Crippen LogP contribution in [0.2, 0.25) is 0 Å². The lowest BCUT2D eigenvalue weighted by molar-refractivity contribution is -0.387. The van der Waals surface area contributed by atoms with E-state index < -0.39 is 4.92 Å². The molecule has 1 amide bonds. The lowest BCUT2D eigenvalue weighted by atomic mass is 10.1. The van der Waals surface area contributed by atoms with Gasteiger partial charge in [-0.15, -0.1) is 24.8 Å². The van der Waals surface area contributed by atoms with Crippen molar-refractivity contribution < 1.29 is 14.5 Å². The molecule has 36 heavy (non-hydrogen) atoms. The number of carbonyl (C=O) groups is 2. The van der Waals surface area contributed by atoms with E-state index in [1.54, 1.807) is 12.1 Å². The maximum atomic E-state index is 12.8. The number of carbonyl (C=O) groups excluding carboxylic acids is 2.